The Kier molecular flexibility index (Phi) is 5.35. The number of nitrogens with one attached hydrogen (secondary N) is 1. The number of rotatable bonds is 5. The van der Waals surface area contributed by atoms with Crippen LogP contribution in [0.4, 0.5) is 17.6 Å². The molecule has 1 rings (SSSR count). The average Bonchev–Trinajstić information content (AvgIpc) is 2.35. The first-order valence-corrected chi connectivity index (χ1v) is 7.47. The maximum absolute atomic E-state index is 13.6. The van der Waals surface area contributed by atoms with E-state index in [1.165, 1.54) is 13.8 Å². The van der Waals surface area contributed by atoms with Gasteiger partial charge in [0.25, 0.3) is 0 Å². The Morgan fingerprint density at radius 2 is 1.86 bits per heavy atom. The molecule has 120 valence electrons. The molecule has 2 N–H and O–H groups in total. The van der Waals surface area contributed by atoms with Crippen LogP contribution in [0.15, 0.2) is 23.1 Å². The molecule has 9 heteroatoms. The summed E-state index contributed by atoms with van der Waals surface area (Å²) in [5, 5.41) is 8.92. The van der Waals surface area contributed by atoms with Crippen LogP contribution in [-0.2, 0) is 16.2 Å². The highest BCUT2D eigenvalue weighted by Gasteiger charge is 2.33. The number of benzene rings is 1. The third-order valence-electron chi connectivity index (χ3n) is 3.03. The molecule has 2 unspecified atom stereocenters. The van der Waals surface area contributed by atoms with E-state index in [0.29, 0.717) is 12.1 Å². The van der Waals surface area contributed by atoms with Gasteiger partial charge in [-0.1, -0.05) is 6.92 Å². The zero-order valence-corrected chi connectivity index (χ0v) is 12.1. The number of hydrogen-bond acceptors (Lipinski definition) is 3. The van der Waals surface area contributed by atoms with Crippen LogP contribution < -0.4 is 4.72 Å². The fraction of sp³-hybridized carbons (Fsp3) is 0.500. The summed E-state index contributed by atoms with van der Waals surface area (Å²) in [5.41, 5.74) is -1.26. The van der Waals surface area contributed by atoms with Crippen LogP contribution in [0.5, 0.6) is 0 Å². The van der Waals surface area contributed by atoms with Gasteiger partial charge in [0.05, 0.1) is 5.56 Å². The van der Waals surface area contributed by atoms with Gasteiger partial charge in [-0.05, 0) is 31.0 Å². The van der Waals surface area contributed by atoms with Crippen LogP contribution in [-0.4, -0.2) is 26.2 Å². The number of hydrogen-bond donors (Lipinski definition) is 2. The Hall–Kier alpha value is -1.19. The van der Waals surface area contributed by atoms with Crippen LogP contribution in [0.25, 0.3) is 0 Å². The van der Waals surface area contributed by atoms with E-state index in [1.54, 1.807) is 0 Å². The lowest BCUT2D eigenvalue weighted by molar-refractivity contribution is -0.137. The van der Waals surface area contributed by atoms with Crippen LogP contribution in [0.3, 0.4) is 0 Å². The molecule has 0 aromatic heterocycles. The number of sulfonamides is 1. The standard InChI is InChI=1S/C12H15F4NO3S/c1-7(6-18)8(2)17-21(19,20)11-5-9(12(14,15)16)3-4-10(11)13/h3-5,7-8,17-18H,6H2,1-2H3. The normalized spacial score (nSPS) is 15.8. The molecule has 0 aliphatic heterocycles. The first-order valence-electron chi connectivity index (χ1n) is 5.99. The Morgan fingerprint density at radius 1 is 1.29 bits per heavy atom. The fourth-order valence-electron chi connectivity index (χ4n) is 1.47. The van der Waals surface area contributed by atoms with Crippen LogP contribution in [0, 0.1) is 11.7 Å². The first-order chi connectivity index (χ1) is 9.49. The van der Waals surface area contributed by atoms with E-state index in [1.807, 2.05) is 4.72 Å². The maximum Gasteiger partial charge on any atom is 0.416 e. The van der Waals surface area contributed by atoms with Crippen molar-refractivity contribution in [3.8, 4) is 0 Å². The monoisotopic (exact) mass is 329 g/mol. The lowest BCUT2D eigenvalue weighted by Gasteiger charge is -2.19. The van der Waals surface area contributed by atoms with Gasteiger partial charge in [-0.25, -0.2) is 17.5 Å². The molecule has 4 nitrogen and oxygen atoms in total. The Bertz CT molecular complexity index is 601. The van der Waals surface area contributed by atoms with Gasteiger partial charge in [0.1, 0.15) is 10.7 Å². The summed E-state index contributed by atoms with van der Waals surface area (Å²) < 4.78 is 77.2. The minimum Gasteiger partial charge on any atom is -0.396 e. The minimum absolute atomic E-state index is 0.244. The van der Waals surface area contributed by atoms with Gasteiger partial charge in [-0.2, -0.15) is 13.2 Å². The second kappa shape index (κ2) is 6.29. The van der Waals surface area contributed by atoms with Gasteiger partial charge in [0.2, 0.25) is 10.0 Å². The third-order valence-corrected chi connectivity index (χ3v) is 4.60. The van der Waals surface area contributed by atoms with Crippen molar-refractivity contribution in [1.29, 1.82) is 0 Å². The predicted molar refractivity (Wildman–Crippen MR) is 67.4 cm³/mol. The van der Waals surface area contributed by atoms with Crippen molar-refractivity contribution in [1.82, 2.24) is 4.72 Å². The quantitative estimate of drug-likeness (QED) is 0.814. The molecule has 1 aromatic rings. The van der Waals surface area contributed by atoms with E-state index in [2.05, 4.69) is 0 Å². The molecule has 0 heterocycles. The highest BCUT2D eigenvalue weighted by molar-refractivity contribution is 7.89. The van der Waals surface area contributed by atoms with Crippen molar-refractivity contribution in [3.63, 3.8) is 0 Å². The number of aliphatic hydroxyl groups is 1. The predicted octanol–water partition coefficient (Wildman–Crippen LogP) is 2.14. The average molecular weight is 329 g/mol. The molecular formula is C12H15F4NO3S. The van der Waals surface area contributed by atoms with Crippen molar-refractivity contribution in [3.05, 3.63) is 29.6 Å². The van der Waals surface area contributed by atoms with Crippen molar-refractivity contribution in [2.24, 2.45) is 5.92 Å². The second-order valence-electron chi connectivity index (χ2n) is 4.71. The summed E-state index contributed by atoms with van der Waals surface area (Å²) in [7, 11) is -4.46. The smallest absolute Gasteiger partial charge is 0.396 e. The van der Waals surface area contributed by atoms with E-state index in [0.717, 1.165) is 0 Å². The Balaban J connectivity index is 3.19. The van der Waals surface area contributed by atoms with Crippen LogP contribution in [0.2, 0.25) is 0 Å². The molecule has 0 saturated heterocycles. The van der Waals surface area contributed by atoms with Gasteiger partial charge in [0.15, 0.2) is 0 Å². The molecule has 0 fully saturated rings. The minimum atomic E-state index is -4.78. The van der Waals surface area contributed by atoms with E-state index in [-0.39, 0.29) is 12.7 Å². The van der Waals surface area contributed by atoms with Crippen LogP contribution >= 0.6 is 0 Å². The number of aliphatic hydroxyl groups excluding tert-OH is 1. The highest BCUT2D eigenvalue weighted by Crippen LogP contribution is 2.31. The summed E-state index contributed by atoms with van der Waals surface area (Å²) in [6, 6.07) is 0.397. The molecule has 0 aliphatic rings. The molecule has 1 aromatic carbocycles. The Morgan fingerprint density at radius 3 is 2.33 bits per heavy atom. The van der Waals surface area contributed by atoms with E-state index in [4.69, 9.17) is 5.11 Å². The summed E-state index contributed by atoms with van der Waals surface area (Å²) in [5.74, 6) is -1.76. The van der Waals surface area contributed by atoms with Crippen molar-refractivity contribution in [2.75, 3.05) is 6.61 Å². The fourth-order valence-corrected chi connectivity index (χ4v) is 2.92. The summed E-state index contributed by atoms with van der Waals surface area (Å²) in [6.07, 6.45) is -4.78. The lowest BCUT2D eigenvalue weighted by Crippen LogP contribution is -2.38. The molecular weight excluding hydrogens is 314 g/mol. The Labute approximate surface area is 119 Å². The third kappa shape index (κ3) is 4.39. The molecule has 0 amide bonds. The van der Waals surface area contributed by atoms with Gasteiger partial charge in [-0.3, -0.25) is 0 Å². The topological polar surface area (TPSA) is 66.4 Å². The summed E-state index contributed by atoms with van der Waals surface area (Å²) in [6.45, 7) is 2.63. The molecule has 0 spiro atoms. The summed E-state index contributed by atoms with van der Waals surface area (Å²) in [4.78, 5) is -1.07. The highest BCUT2D eigenvalue weighted by atomic mass is 32.2. The molecule has 0 saturated carbocycles. The van der Waals surface area contributed by atoms with Gasteiger partial charge in [0, 0.05) is 12.6 Å². The number of alkyl halides is 3. The molecule has 0 bridgehead atoms. The number of halogens is 4. The van der Waals surface area contributed by atoms with E-state index < -0.39 is 44.4 Å². The first kappa shape index (κ1) is 17.9. The molecule has 0 radical (unpaired) electrons. The van der Waals surface area contributed by atoms with Crippen molar-refractivity contribution < 1.29 is 31.1 Å². The molecule has 21 heavy (non-hydrogen) atoms. The van der Waals surface area contributed by atoms with Crippen LogP contribution in [0.1, 0.15) is 19.4 Å². The van der Waals surface area contributed by atoms with E-state index in [9.17, 15) is 26.0 Å². The van der Waals surface area contributed by atoms with Gasteiger partial charge >= 0.3 is 6.18 Å². The molecule has 0 aliphatic carbocycles. The second-order valence-corrected chi connectivity index (χ2v) is 6.40. The molecule has 2 atom stereocenters. The van der Waals surface area contributed by atoms with Crippen molar-refractivity contribution >= 4 is 10.0 Å². The van der Waals surface area contributed by atoms with Gasteiger partial charge < -0.3 is 5.11 Å². The maximum atomic E-state index is 13.6. The lowest BCUT2D eigenvalue weighted by atomic mass is 10.1. The summed E-state index contributed by atoms with van der Waals surface area (Å²) >= 11 is 0. The van der Waals surface area contributed by atoms with E-state index >= 15 is 0 Å². The van der Waals surface area contributed by atoms with Crippen molar-refractivity contribution in [2.45, 2.75) is 31.0 Å². The zero-order valence-electron chi connectivity index (χ0n) is 11.3. The SMILES string of the molecule is CC(CO)C(C)NS(=O)(=O)c1cc(C(F)(F)F)ccc1F. The van der Waals surface area contributed by atoms with Gasteiger partial charge in [-0.15, -0.1) is 0 Å². The largest absolute Gasteiger partial charge is 0.416 e. The zero-order chi connectivity index (χ0) is 16.4.